The van der Waals surface area contributed by atoms with E-state index in [2.05, 4.69) is 60.3 Å². The third-order valence-corrected chi connectivity index (χ3v) is 4.65. The molecular weight excluding hydrogens is 258 g/mol. The van der Waals surface area contributed by atoms with Gasteiger partial charge >= 0.3 is 0 Å². The second-order valence-electron chi connectivity index (χ2n) is 6.17. The van der Waals surface area contributed by atoms with Crippen LogP contribution in [-0.4, -0.2) is 56.1 Å². The van der Waals surface area contributed by atoms with E-state index < -0.39 is 0 Å². The van der Waals surface area contributed by atoms with Gasteiger partial charge in [0.25, 0.3) is 0 Å². The molecule has 0 spiro atoms. The monoisotopic (exact) mass is 289 g/mol. The van der Waals surface area contributed by atoms with Crippen molar-refractivity contribution in [3.05, 3.63) is 35.4 Å². The van der Waals surface area contributed by atoms with Crippen LogP contribution in [0.3, 0.4) is 0 Å². The van der Waals surface area contributed by atoms with Gasteiger partial charge in [0, 0.05) is 38.8 Å². The molecule has 0 bridgehead atoms. The highest BCUT2D eigenvalue weighted by molar-refractivity contribution is 5.28. The first-order chi connectivity index (χ1) is 10.2. The van der Waals surface area contributed by atoms with Crippen molar-refractivity contribution in [2.24, 2.45) is 0 Å². The molecule has 1 unspecified atom stereocenters. The van der Waals surface area contributed by atoms with Crippen LogP contribution in [0.25, 0.3) is 0 Å². The number of benzene rings is 1. The molecule has 3 heteroatoms. The second-order valence-corrected chi connectivity index (χ2v) is 6.17. The molecule has 1 N–H and O–H groups in total. The molecule has 3 nitrogen and oxygen atoms in total. The molecule has 0 saturated carbocycles. The van der Waals surface area contributed by atoms with Gasteiger partial charge in [0.2, 0.25) is 0 Å². The highest BCUT2D eigenvalue weighted by Gasteiger charge is 2.18. The Morgan fingerprint density at radius 1 is 1.05 bits per heavy atom. The Balaban J connectivity index is 1.81. The molecule has 118 valence electrons. The summed E-state index contributed by atoms with van der Waals surface area (Å²) in [5.74, 6) is 0. The van der Waals surface area contributed by atoms with Gasteiger partial charge in [-0.05, 0) is 44.5 Å². The van der Waals surface area contributed by atoms with Crippen molar-refractivity contribution in [3.8, 4) is 0 Å². The van der Waals surface area contributed by atoms with Crippen LogP contribution in [0.4, 0.5) is 0 Å². The lowest BCUT2D eigenvalue weighted by atomic mass is 9.98. The maximum Gasteiger partial charge on any atom is 0.0332 e. The molecule has 1 aliphatic rings. The summed E-state index contributed by atoms with van der Waals surface area (Å²) in [6.07, 6.45) is 2.46. The Bertz CT molecular complexity index is 411. The lowest BCUT2D eigenvalue weighted by Gasteiger charge is -2.35. The van der Waals surface area contributed by atoms with Gasteiger partial charge in [0.15, 0.2) is 0 Å². The third-order valence-electron chi connectivity index (χ3n) is 4.65. The van der Waals surface area contributed by atoms with Crippen molar-refractivity contribution in [2.45, 2.75) is 32.7 Å². The van der Waals surface area contributed by atoms with E-state index >= 15 is 0 Å². The van der Waals surface area contributed by atoms with E-state index in [4.69, 9.17) is 0 Å². The van der Waals surface area contributed by atoms with Crippen LogP contribution in [0.15, 0.2) is 24.3 Å². The standard InChI is InChI=1S/C18H31N3/c1-4-10-20-12-14-21(15-13-20)11-9-18(19-3)17-8-6-5-7-16(17)2/h5-8,18-19H,4,9-15H2,1-3H3. The summed E-state index contributed by atoms with van der Waals surface area (Å²) in [6, 6.07) is 9.22. The van der Waals surface area contributed by atoms with Crippen LogP contribution in [0.5, 0.6) is 0 Å². The summed E-state index contributed by atoms with van der Waals surface area (Å²) in [7, 11) is 2.08. The predicted molar refractivity (Wildman–Crippen MR) is 90.8 cm³/mol. The van der Waals surface area contributed by atoms with E-state index in [0.717, 1.165) is 0 Å². The summed E-state index contributed by atoms with van der Waals surface area (Å²) in [6.45, 7) is 11.9. The Labute approximate surface area is 130 Å². The van der Waals surface area contributed by atoms with Crippen molar-refractivity contribution in [3.63, 3.8) is 0 Å². The number of nitrogens with zero attached hydrogens (tertiary/aromatic N) is 2. The van der Waals surface area contributed by atoms with Gasteiger partial charge in [-0.25, -0.2) is 0 Å². The van der Waals surface area contributed by atoms with Crippen LogP contribution in [0.2, 0.25) is 0 Å². The molecule has 1 saturated heterocycles. The van der Waals surface area contributed by atoms with E-state index in [0.29, 0.717) is 6.04 Å². The predicted octanol–water partition coefficient (Wildman–Crippen LogP) is 2.67. The largest absolute Gasteiger partial charge is 0.313 e. The third kappa shape index (κ3) is 4.80. The molecule has 1 aliphatic heterocycles. The lowest BCUT2D eigenvalue weighted by Crippen LogP contribution is -2.47. The normalized spacial score (nSPS) is 18.8. The maximum atomic E-state index is 3.49. The minimum absolute atomic E-state index is 0.472. The van der Waals surface area contributed by atoms with Gasteiger partial charge in [0.1, 0.15) is 0 Å². The van der Waals surface area contributed by atoms with Gasteiger partial charge in [-0.2, -0.15) is 0 Å². The van der Waals surface area contributed by atoms with E-state index in [9.17, 15) is 0 Å². The van der Waals surface area contributed by atoms with E-state index in [1.807, 2.05) is 0 Å². The molecule has 0 radical (unpaired) electrons. The molecule has 1 fully saturated rings. The van der Waals surface area contributed by atoms with Crippen LogP contribution in [-0.2, 0) is 0 Å². The Hall–Kier alpha value is -0.900. The fourth-order valence-electron chi connectivity index (χ4n) is 3.30. The SMILES string of the molecule is CCCN1CCN(CCC(NC)c2ccccc2C)CC1. The molecule has 1 atom stereocenters. The van der Waals surface area contributed by atoms with Gasteiger partial charge in [-0.1, -0.05) is 31.2 Å². The van der Waals surface area contributed by atoms with Crippen LogP contribution in [0.1, 0.15) is 36.9 Å². The molecule has 21 heavy (non-hydrogen) atoms. The number of hydrogen-bond donors (Lipinski definition) is 1. The number of aryl methyl sites for hydroxylation is 1. The number of rotatable bonds is 7. The fourth-order valence-corrected chi connectivity index (χ4v) is 3.30. The van der Waals surface area contributed by atoms with Crippen molar-refractivity contribution in [1.82, 2.24) is 15.1 Å². The average Bonchev–Trinajstić information content (AvgIpc) is 2.51. The average molecular weight is 289 g/mol. The molecule has 1 aromatic carbocycles. The first-order valence-electron chi connectivity index (χ1n) is 8.42. The van der Waals surface area contributed by atoms with Crippen molar-refractivity contribution >= 4 is 0 Å². The zero-order valence-corrected chi connectivity index (χ0v) is 13.9. The molecule has 0 amide bonds. The Morgan fingerprint density at radius 3 is 2.24 bits per heavy atom. The minimum Gasteiger partial charge on any atom is -0.313 e. The number of nitrogens with one attached hydrogen (secondary N) is 1. The summed E-state index contributed by atoms with van der Waals surface area (Å²) in [4.78, 5) is 5.21. The fraction of sp³-hybridized carbons (Fsp3) is 0.667. The smallest absolute Gasteiger partial charge is 0.0332 e. The van der Waals surface area contributed by atoms with Gasteiger partial charge in [0.05, 0.1) is 0 Å². The Morgan fingerprint density at radius 2 is 1.67 bits per heavy atom. The van der Waals surface area contributed by atoms with Crippen LogP contribution in [0, 0.1) is 6.92 Å². The molecule has 1 heterocycles. The quantitative estimate of drug-likeness (QED) is 0.832. The molecule has 2 rings (SSSR count). The van der Waals surface area contributed by atoms with E-state index in [1.54, 1.807) is 0 Å². The van der Waals surface area contributed by atoms with Gasteiger partial charge in [-0.15, -0.1) is 0 Å². The first kappa shape index (κ1) is 16.5. The van der Waals surface area contributed by atoms with Gasteiger partial charge < -0.3 is 15.1 Å². The Kier molecular flexibility index (Phi) is 6.68. The summed E-state index contributed by atoms with van der Waals surface area (Å²) < 4.78 is 0. The number of piperazine rings is 1. The first-order valence-corrected chi connectivity index (χ1v) is 8.42. The second kappa shape index (κ2) is 8.52. The van der Waals surface area contributed by atoms with Crippen molar-refractivity contribution in [2.75, 3.05) is 46.3 Å². The highest BCUT2D eigenvalue weighted by atomic mass is 15.3. The zero-order valence-electron chi connectivity index (χ0n) is 13.9. The maximum absolute atomic E-state index is 3.49. The van der Waals surface area contributed by atoms with Crippen LogP contribution < -0.4 is 5.32 Å². The number of hydrogen-bond acceptors (Lipinski definition) is 3. The summed E-state index contributed by atoms with van der Waals surface area (Å²) in [5, 5.41) is 3.49. The summed E-state index contributed by atoms with van der Waals surface area (Å²) in [5.41, 5.74) is 2.84. The van der Waals surface area contributed by atoms with Crippen molar-refractivity contribution < 1.29 is 0 Å². The topological polar surface area (TPSA) is 18.5 Å². The molecule has 0 aromatic heterocycles. The van der Waals surface area contributed by atoms with Gasteiger partial charge in [-0.3, -0.25) is 0 Å². The van der Waals surface area contributed by atoms with Crippen LogP contribution >= 0.6 is 0 Å². The molecular formula is C18H31N3. The molecule has 0 aliphatic carbocycles. The van der Waals surface area contributed by atoms with Crippen molar-refractivity contribution in [1.29, 1.82) is 0 Å². The highest BCUT2D eigenvalue weighted by Crippen LogP contribution is 2.20. The molecule has 1 aromatic rings. The lowest BCUT2D eigenvalue weighted by molar-refractivity contribution is 0.128. The zero-order chi connectivity index (χ0) is 15.1. The summed E-state index contributed by atoms with van der Waals surface area (Å²) >= 11 is 0. The van der Waals surface area contributed by atoms with E-state index in [-0.39, 0.29) is 0 Å². The minimum atomic E-state index is 0.472. The van der Waals surface area contributed by atoms with E-state index in [1.165, 1.54) is 63.2 Å².